The van der Waals surface area contributed by atoms with Crippen LogP contribution in [0.3, 0.4) is 0 Å². The zero-order chi connectivity index (χ0) is 22.4. The summed E-state index contributed by atoms with van der Waals surface area (Å²) in [4.78, 5) is 22.4. The molecule has 9 nitrogen and oxygen atoms in total. The van der Waals surface area contributed by atoms with Crippen molar-refractivity contribution in [1.82, 2.24) is 20.2 Å². The summed E-state index contributed by atoms with van der Waals surface area (Å²) in [7, 11) is 0. The van der Waals surface area contributed by atoms with Gasteiger partial charge in [-0.3, -0.25) is 14.9 Å². The molecule has 3 aromatic rings. The number of carbonyl (C=O) groups excluding carboxylic acids is 1. The molecule has 0 spiro atoms. The minimum Gasteiger partial charge on any atom is -0.302 e. The summed E-state index contributed by atoms with van der Waals surface area (Å²) in [6.45, 7) is 2.58. The van der Waals surface area contributed by atoms with Crippen LogP contribution in [0.1, 0.15) is 12.5 Å². The number of aromatic nitrogens is 3. The number of benzene rings is 2. The van der Waals surface area contributed by atoms with Crippen molar-refractivity contribution in [3.63, 3.8) is 0 Å². The standard InChI is InChI=1S/C19H16Cl2N6O3S/c1-2-26-18(12-3-5-14(20)6-4-12)24-25-19(26)31-11-17(28)23-22-10-13-9-15(27(29)30)7-8-16(13)21/h3-10H,2,11H2,1H3,(H,23,28). The number of hydrogen-bond donors (Lipinski definition) is 1. The van der Waals surface area contributed by atoms with E-state index in [2.05, 4.69) is 20.7 Å². The lowest BCUT2D eigenvalue weighted by Crippen LogP contribution is -2.20. The van der Waals surface area contributed by atoms with Gasteiger partial charge < -0.3 is 4.57 Å². The lowest BCUT2D eigenvalue weighted by Gasteiger charge is -2.07. The Morgan fingerprint density at radius 2 is 2.00 bits per heavy atom. The van der Waals surface area contributed by atoms with E-state index in [1.165, 1.54) is 36.2 Å². The lowest BCUT2D eigenvalue weighted by atomic mass is 10.2. The largest absolute Gasteiger partial charge is 0.302 e. The van der Waals surface area contributed by atoms with Crippen molar-refractivity contribution in [1.29, 1.82) is 0 Å². The van der Waals surface area contributed by atoms with Gasteiger partial charge in [0.25, 0.3) is 11.6 Å². The molecule has 12 heteroatoms. The second kappa shape index (κ2) is 10.4. The molecule has 0 aliphatic heterocycles. The molecule has 0 unspecified atom stereocenters. The van der Waals surface area contributed by atoms with Crippen molar-refractivity contribution in [2.75, 3.05) is 5.75 Å². The van der Waals surface area contributed by atoms with Gasteiger partial charge in [0.05, 0.1) is 16.9 Å². The third-order valence-electron chi connectivity index (χ3n) is 4.05. The van der Waals surface area contributed by atoms with Crippen molar-refractivity contribution in [3.8, 4) is 11.4 Å². The summed E-state index contributed by atoms with van der Waals surface area (Å²) in [5.41, 5.74) is 3.44. The maximum atomic E-state index is 12.1. The number of hydrazone groups is 1. The van der Waals surface area contributed by atoms with Crippen LogP contribution in [0.5, 0.6) is 0 Å². The normalized spacial score (nSPS) is 11.1. The topological polar surface area (TPSA) is 115 Å². The number of nitro groups is 1. The van der Waals surface area contributed by atoms with Crippen molar-refractivity contribution < 1.29 is 9.72 Å². The van der Waals surface area contributed by atoms with Gasteiger partial charge in [0.2, 0.25) is 0 Å². The van der Waals surface area contributed by atoms with Gasteiger partial charge in [0.15, 0.2) is 11.0 Å². The van der Waals surface area contributed by atoms with Crippen LogP contribution in [0.15, 0.2) is 52.7 Å². The summed E-state index contributed by atoms with van der Waals surface area (Å²) in [5, 5.41) is 24.6. The van der Waals surface area contributed by atoms with Gasteiger partial charge in [0, 0.05) is 39.8 Å². The van der Waals surface area contributed by atoms with Crippen LogP contribution in [0, 0.1) is 10.1 Å². The highest BCUT2D eigenvalue weighted by Crippen LogP contribution is 2.25. The summed E-state index contributed by atoms with van der Waals surface area (Å²) < 4.78 is 1.90. The maximum absolute atomic E-state index is 12.1. The molecule has 3 rings (SSSR count). The quantitative estimate of drug-likeness (QED) is 0.221. The van der Waals surface area contributed by atoms with Gasteiger partial charge in [-0.15, -0.1) is 10.2 Å². The molecule has 2 aromatic carbocycles. The van der Waals surface area contributed by atoms with Crippen LogP contribution >= 0.6 is 35.0 Å². The van der Waals surface area contributed by atoms with E-state index in [0.29, 0.717) is 28.1 Å². The molecule has 0 fully saturated rings. The SMILES string of the molecule is CCn1c(SCC(=O)NN=Cc2cc([N+](=O)[O-])ccc2Cl)nnc1-c1ccc(Cl)cc1. The first-order chi connectivity index (χ1) is 14.9. The summed E-state index contributed by atoms with van der Waals surface area (Å²) in [6.07, 6.45) is 1.26. The molecule has 31 heavy (non-hydrogen) atoms. The second-order valence-electron chi connectivity index (χ2n) is 6.10. The number of nitrogens with zero attached hydrogens (tertiary/aromatic N) is 5. The molecule has 0 aliphatic carbocycles. The van der Waals surface area contributed by atoms with E-state index in [0.717, 1.165) is 5.56 Å². The number of amides is 1. The first-order valence-corrected chi connectivity index (χ1v) is 10.7. The average Bonchev–Trinajstić information content (AvgIpc) is 3.16. The van der Waals surface area contributed by atoms with Crippen molar-refractivity contribution >= 4 is 52.8 Å². The smallest absolute Gasteiger partial charge is 0.270 e. The second-order valence-corrected chi connectivity index (χ2v) is 7.89. The number of thioether (sulfide) groups is 1. The summed E-state index contributed by atoms with van der Waals surface area (Å²) in [5.74, 6) is 0.362. The van der Waals surface area contributed by atoms with E-state index in [-0.39, 0.29) is 22.4 Å². The molecule has 0 saturated heterocycles. The third-order valence-corrected chi connectivity index (χ3v) is 5.61. The zero-order valence-corrected chi connectivity index (χ0v) is 18.5. The van der Waals surface area contributed by atoms with Crippen LogP contribution < -0.4 is 5.43 Å². The average molecular weight is 479 g/mol. The predicted molar refractivity (Wildman–Crippen MR) is 121 cm³/mol. The first-order valence-electron chi connectivity index (χ1n) is 8.96. The monoisotopic (exact) mass is 478 g/mol. The van der Waals surface area contributed by atoms with Gasteiger partial charge in [-0.05, 0) is 37.3 Å². The Morgan fingerprint density at radius 1 is 1.26 bits per heavy atom. The number of halogens is 2. The fourth-order valence-corrected chi connectivity index (χ4v) is 3.66. The number of hydrogen-bond acceptors (Lipinski definition) is 7. The van der Waals surface area contributed by atoms with Gasteiger partial charge in [-0.25, -0.2) is 5.43 Å². The van der Waals surface area contributed by atoms with Crippen LogP contribution in [-0.4, -0.2) is 37.6 Å². The molecule has 1 N–H and O–H groups in total. The van der Waals surface area contributed by atoms with Crippen LogP contribution in [0.2, 0.25) is 10.0 Å². The Balaban J connectivity index is 1.61. The molecule has 1 heterocycles. The highest BCUT2D eigenvalue weighted by Gasteiger charge is 2.14. The maximum Gasteiger partial charge on any atom is 0.270 e. The molecular formula is C19H16Cl2N6O3S. The predicted octanol–water partition coefficient (Wildman–Crippen LogP) is 4.42. The van der Waals surface area contributed by atoms with E-state index >= 15 is 0 Å². The fourth-order valence-electron chi connectivity index (χ4n) is 2.57. The van der Waals surface area contributed by atoms with E-state index in [1.54, 1.807) is 12.1 Å². The van der Waals surface area contributed by atoms with E-state index in [1.807, 2.05) is 23.6 Å². The van der Waals surface area contributed by atoms with Crippen molar-refractivity contribution in [2.24, 2.45) is 5.10 Å². The molecule has 0 saturated carbocycles. The zero-order valence-electron chi connectivity index (χ0n) is 16.2. The Morgan fingerprint density at radius 3 is 2.68 bits per heavy atom. The van der Waals surface area contributed by atoms with Crippen molar-refractivity contribution in [2.45, 2.75) is 18.6 Å². The Bertz CT molecular complexity index is 1130. The Hall–Kier alpha value is -2.95. The van der Waals surface area contributed by atoms with Gasteiger partial charge >= 0.3 is 0 Å². The molecule has 1 aromatic heterocycles. The molecule has 0 radical (unpaired) electrons. The molecular weight excluding hydrogens is 463 g/mol. The van der Waals surface area contributed by atoms with E-state index in [9.17, 15) is 14.9 Å². The minimum atomic E-state index is -0.537. The van der Waals surface area contributed by atoms with E-state index < -0.39 is 4.92 Å². The summed E-state index contributed by atoms with van der Waals surface area (Å²) in [6, 6.07) is 11.2. The molecule has 160 valence electrons. The van der Waals surface area contributed by atoms with Crippen LogP contribution in [0.25, 0.3) is 11.4 Å². The number of carbonyl (C=O) groups is 1. The van der Waals surface area contributed by atoms with Crippen LogP contribution in [-0.2, 0) is 11.3 Å². The Kier molecular flexibility index (Phi) is 7.61. The Labute approximate surface area is 191 Å². The van der Waals surface area contributed by atoms with Gasteiger partial charge in [-0.1, -0.05) is 35.0 Å². The molecule has 1 amide bonds. The highest BCUT2D eigenvalue weighted by atomic mass is 35.5. The van der Waals surface area contributed by atoms with Crippen LogP contribution in [0.4, 0.5) is 5.69 Å². The highest BCUT2D eigenvalue weighted by molar-refractivity contribution is 7.99. The molecule has 0 atom stereocenters. The van der Waals surface area contributed by atoms with E-state index in [4.69, 9.17) is 23.2 Å². The molecule has 0 aliphatic rings. The number of rotatable bonds is 8. The van der Waals surface area contributed by atoms with Crippen molar-refractivity contribution in [3.05, 3.63) is 68.2 Å². The first kappa shape index (κ1) is 22.7. The minimum absolute atomic E-state index is 0.0543. The van der Waals surface area contributed by atoms with Gasteiger partial charge in [0.1, 0.15) is 0 Å². The summed E-state index contributed by atoms with van der Waals surface area (Å²) >= 11 is 13.1. The third kappa shape index (κ3) is 5.81. The number of nitrogens with one attached hydrogen (secondary N) is 1. The molecule has 0 bridgehead atoms. The fraction of sp³-hybridized carbons (Fsp3) is 0.158. The lowest BCUT2D eigenvalue weighted by molar-refractivity contribution is -0.384. The van der Waals surface area contributed by atoms with Gasteiger partial charge in [-0.2, -0.15) is 5.10 Å². The number of nitro benzene ring substituents is 1. The number of non-ortho nitro benzene ring substituents is 1.